The van der Waals surface area contributed by atoms with Gasteiger partial charge in [0, 0.05) is 25.3 Å². The molecule has 2 heterocycles. The largest absolute Gasteiger partial charge is 0.493 e. The second-order valence-corrected chi connectivity index (χ2v) is 6.30. The van der Waals surface area contributed by atoms with Gasteiger partial charge in [0.15, 0.2) is 0 Å². The monoisotopic (exact) mass is 358 g/mol. The molecule has 0 radical (unpaired) electrons. The third-order valence-corrected chi connectivity index (χ3v) is 4.87. The highest BCUT2D eigenvalue weighted by Crippen LogP contribution is 2.35. The zero-order valence-electron chi connectivity index (χ0n) is 13.6. The quantitative estimate of drug-likeness (QED) is 0.869. The molecule has 24 heavy (non-hydrogen) atoms. The molecule has 1 amide bonds. The molecule has 7 heteroatoms. The molecule has 0 bridgehead atoms. The maximum absolute atomic E-state index is 13.6. The SMILES string of the molecule is Cl.NCC1(C(=O)NC2CCCOc3ccc(F)cc32)CCOCC1. The highest BCUT2D eigenvalue weighted by Gasteiger charge is 2.40. The van der Waals surface area contributed by atoms with Gasteiger partial charge in [-0.15, -0.1) is 12.4 Å². The highest BCUT2D eigenvalue weighted by atomic mass is 35.5. The van der Waals surface area contributed by atoms with Crippen molar-refractivity contribution in [2.45, 2.75) is 31.7 Å². The van der Waals surface area contributed by atoms with E-state index < -0.39 is 5.41 Å². The third kappa shape index (κ3) is 3.82. The molecule has 1 unspecified atom stereocenters. The van der Waals surface area contributed by atoms with Crippen LogP contribution in [0.1, 0.15) is 37.3 Å². The van der Waals surface area contributed by atoms with Crippen LogP contribution in [-0.4, -0.2) is 32.3 Å². The number of fused-ring (bicyclic) bond motifs is 1. The van der Waals surface area contributed by atoms with Crippen LogP contribution in [0.2, 0.25) is 0 Å². The Hall–Kier alpha value is -1.37. The number of halogens is 2. The number of nitrogens with one attached hydrogen (secondary N) is 1. The van der Waals surface area contributed by atoms with Crippen molar-refractivity contribution in [1.82, 2.24) is 5.32 Å². The van der Waals surface area contributed by atoms with Gasteiger partial charge < -0.3 is 20.5 Å². The van der Waals surface area contributed by atoms with Gasteiger partial charge in [-0.05, 0) is 43.9 Å². The normalized spacial score (nSPS) is 22.3. The fourth-order valence-corrected chi connectivity index (χ4v) is 3.30. The summed E-state index contributed by atoms with van der Waals surface area (Å²) >= 11 is 0. The van der Waals surface area contributed by atoms with E-state index in [4.69, 9.17) is 15.2 Å². The Morgan fingerprint density at radius 2 is 2.08 bits per heavy atom. The number of carbonyl (C=O) groups excluding carboxylic acids is 1. The van der Waals surface area contributed by atoms with E-state index in [0.29, 0.717) is 50.5 Å². The molecule has 3 N–H and O–H groups in total. The molecule has 3 rings (SSSR count). The Balaban J connectivity index is 0.00000208. The summed E-state index contributed by atoms with van der Waals surface area (Å²) in [5.41, 5.74) is 6.01. The Kier molecular flexibility index (Phi) is 6.43. The molecule has 0 aliphatic carbocycles. The lowest BCUT2D eigenvalue weighted by Gasteiger charge is -2.36. The van der Waals surface area contributed by atoms with Gasteiger partial charge in [-0.2, -0.15) is 0 Å². The second kappa shape index (κ2) is 8.14. The Labute approximate surface area is 147 Å². The van der Waals surface area contributed by atoms with Crippen molar-refractivity contribution >= 4 is 18.3 Å². The van der Waals surface area contributed by atoms with Crippen LogP contribution in [0.25, 0.3) is 0 Å². The Morgan fingerprint density at radius 1 is 1.33 bits per heavy atom. The lowest BCUT2D eigenvalue weighted by atomic mass is 9.79. The minimum Gasteiger partial charge on any atom is -0.493 e. The average molecular weight is 359 g/mol. The summed E-state index contributed by atoms with van der Waals surface area (Å²) in [6.07, 6.45) is 2.77. The van der Waals surface area contributed by atoms with Crippen molar-refractivity contribution in [1.29, 1.82) is 0 Å². The fraction of sp³-hybridized carbons (Fsp3) is 0.588. The van der Waals surface area contributed by atoms with Gasteiger partial charge in [-0.25, -0.2) is 4.39 Å². The van der Waals surface area contributed by atoms with Crippen LogP contribution in [-0.2, 0) is 9.53 Å². The van der Waals surface area contributed by atoms with Crippen LogP contribution >= 0.6 is 12.4 Å². The number of hydrogen-bond acceptors (Lipinski definition) is 4. The standard InChI is InChI=1S/C17H23FN2O3.ClH/c18-12-3-4-15-13(10-12)14(2-1-7-23-15)20-16(21)17(11-19)5-8-22-9-6-17;/h3-4,10,14H,1-2,5-9,11,19H2,(H,20,21);1H. The minimum atomic E-state index is -0.584. The van der Waals surface area contributed by atoms with E-state index in [-0.39, 0.29) is 30.2 Å². The van der Waals surface area contributed by atoms with Gasteiger partial charge in [-0.3, -0.25) is 4.79 Å². The molecule has 1 fully saturated rings. The summed E-state index contributed by atoms with van der Waals surface area (Å²) in [5, 5.41) is 3.08. The van der Waals surface area contributed by atoms with E-state index in [1.165, 1.54) is 12.1 Å². The number of hydrogen-bond donors (Lipinski definition) is 2. The summed E-state index contributed by atoms with van der Waals surface area (Å²) < 4.78 is 24.6. The molecule has 1 aromatic carbocycles. The predicted molar refractivity (Wildman–Crippen MR) is 90.8 cm³/mol. The summed E-state index contributed by atoms with van der Waals surface area (Å²) in [4.78, 5) is 12.8. The van der Waals surface area contributed by atoms with Crippen LogP contribution in [0, 0.1) is 11.2 Å². The number of rotatable bonds is 3. The van der Waals surface area contributed by atoms with E-state index in [0.717, 1.165) is 12.8 Å². The van der Waals surface area contributed by atoms with Crippen LogP contribution in [0.5, 0.6) is 5.75 Å². The molecule has 134 valence electrons. The molecular weight excluding hydrogens is 335 g/mol. The van der Waals surface area contributed by atoms with Crippen molar-refractivity contribution in [3.63, 3.8) is 0 Å². The van der Waals surface area contributed by atoms with Gasteiger partial charge in [0.2, 0.25) is 5.91 Å². The molecule has 0 spiro atoms. The van der Waals surface area contributed by atoms with Crippen LogP contribution < -0.4 is 15.8 Å². The van der Waals surface area contributed by atoms with Crippen molar-refractivity contribution in [3.05, 3.63) is 29.6 Å². The Bertz CT molecular complexity index is 579. The van der Waals surface area contributed by atoms with Gasteiger partial charge in [0.1, 0.15) is 11.6 Å². The average Bonchev–Trinajstić information content (AvgIpc) is 2.77. The zero-order valence-corrected chi connectivity index (χ0v) is 14.4. The van der Waals surface area contributed by atoms with E-state index in [1.807, 2.05) is 0 Å². The van der Waals surface area contributed by atoms with Gasteiger partial charge in [0.05, 0.1) is 18.1 Å². The topological polar surface area (TPSA) is 73.6 Å². The van der Waals surface area contributed by atoms with E-state index >= 15 is 0 Å². The number of nitrogens with two attached hydrogens (primary N) is 1. The van der Waals surface area contributed by atoms with Crippen molar-refractivity contribution < 1.29 is 18.7 Å². The predicted octanol–water partition coefficient (Wildman–Crippen LogP) is 2.33. The summed E-state index contributed by atoms with van der Waals surface area (Å²) in [5.74, 6) is 0.251. The molecule has 0 aromatic heterocycles. The summed E-state index contributed by atoms with van der Waals surface area (Å²) in [7, 11) is 0. The number of amides is 1. The van der Waals surface area contributed by atoms with Gasteiger partial charge >= 0.3 is 0 Å². The zero-order chi connectivity index (χ0) is 16.3. The van der Waals surface area contributed by atoms with Gasteiger partial charge in [-0.1, -0.05) is 0 Å². The number of carbonyl (C=O) groups is 1. The lowest BCUT2D eigenvalue weighted by Crippen LogP contribution is -2.50. The Morgan fingerprint density at radius 3 is 2.79 bits per heavy atom. The summed E-state index contributed by atoms with van der Waals surface area (Å²) in [6, 6.07) is 4.21. The smallest absolute Gasteiger partial charge is 0.228 e. The van der Waals surface area contributed by atoms with E-state index in [9.17, 15) is 9.18 Å². The summed E-state index contributed by atoms with van der Waals surface area (Å²) in [6.45, 7) is 1.95. The molecule has 0 saturated carbocycles. The first-order valence-corrected chi connectivity index (χ1v) is 8.16. The molecule has 1 aromatic rings. The van der Waals surface area contributed by atoms with Crippen molar-refractivity contribution in [3.8, 4) is 5.75 Å². The highest BCUT2D eigenvalue weighted by molar-refractivity contribution is 5.85. The molecule has 5 nitrogen and oxygen atoms in total. The van der Waals surface area contributed by atoms with E-state index in [1.54, 1.807) is 6.07 Å². The second-order valence-electron chi connectivity index (χ2n) is 6.30. The molecular formula is C17H24ClFN2O3. The third-order valence-electron chi connectivity index (χ3n) is 4.87. The molecule has 2 aliphatic rings. The maximum Gasteiger partial charge on any atom is 0.228 e. The van der Waals surface area contributed by atoms with Crippen LogP contribution in [0.4, 0.5) is 4.39 Å². The minimum absolute atomic E-state index is 0. The maximum atomic E-state index is 13.6. The molecule has 2 aliphatic heterocycles. The first-order chi connectivity index (χ1) is 11.1. The first kappa shape index (κ1) is 19.0. The number of benzene rings is 1. The number of ether oxygens (including phenoxy) is 2. The van der Waals surface area contributed by atoms with Gasteiger partial charge in [0.25, 0.3) is 0 Å². The lowest BCUT2D eigenvalue weighted by molar-refractivity contribution is -0.136. The molecule has 1 saturated heterocycles. The molecule has 1 atom stereocenters. The fourth-order valence-electron chi connectivity index (χ4n) is 3.30. The van der Waals surface area contributed by atoms with Crippen LogP contribution in [0.3, 0.4) is 0 Å². The van der Waals surface area contributed by atoms with E-state index in [2.05, 4.69) is 5.32 Å². The van der Waals surface area contributed by atoms with Crippen LogP contribution in [0.15, 0.2) is 18.2 Å². The first-order valence-electron chi connectivity index (χ1n) is 8.16. The van der Waals surface area contributed by atoms with Crippen molar-refractivity contribution in [2.24, 2.45) is 11.1 Å². The van der Waals surface area contributed by atoms with Crippen molar-refractivity contribution in [2.75, 3.05) is 26.4 Å².